The van der Waals surface area contributed by atoms with Crippen molar-refractivity contribution in [3.8, 4) is 11.5 Å². The maximum absolute atomic E-state index is 6.36. The Balaban J connectivity index is 1.71. The second kappa shape index (κ2) is 8.09. The van der Waals surface area contributed by atoms with Crippen molar-refractivity contribution in [2.75, 3.05) is 12.4 Å². The number of hydrogen-bond acceptors (Lipinski definition) is 5. The third-order valence-corrected chi connectivity index (χ3v) is 4.11. The predicted octanol–water partition coefficient (Wildman–Crippen LogP) is 4.31. The molecule has 0 saturated heterocycles. The monoisotopic (exact) mass is 378 g/mol. The molecule has 0 atom stereocenters. The fourth-order valence-corrected chi connectivity index (χ4v) is 2.54. The molecule has 2 N–H and O–H groups in total. The fraction of sp³-hybridized carbons (Fsp3) is 0.176. The molecule has 2 aromatic carbocycles. The van der Waals surface area contributed by atoms with Crippen molar-refractivity contribution in [2.24, 2.45) is 0 Å². The van der Waals surface area contributed by atoms with E-state index in [4.69, 9.17) is 32.7 Å². The normalized spacial score (nSPS) is 10.5. The number of nitrogens with one attached hydrogen (secondary N) is 2. The molecule has 0 bridgehead atoms. The molecule has 8 heteroatoms. The zero-order valence-corrected chi connectivity index (χ0v) is 14.9. The Hall–Kier alpha value is -2.44. The number of benzene rings is 2. The highest BCUT2D eigenvalue weighted by Crippen LogP contribution is 2.34. The summed E-state index contributed by atoms with van der Waals surface area (Å²) < 4.78 is 11.3. The topological polar surface area (TPSA) is 72.1 Å². The minimum atomic E-state index is 0.388. The predicted molar refractivity (Wildman–Crippen MR) is 97.5 cm³/mol. The summed E-state index contributed by atoms with van der Waals surface area (Å²) in [5, 5.41) is 10.9. The Morgan fingerprint density at radius 3 is 2.60 bits per heavy atom. The van der Waals surface area contributed by atoms with Gasteiger partial charge < -0.3 is 14.8 Å². The minimum Gasteiger partial charge on any atom is -0.493 e. The average molecular weight is 379 g/mol. The molecule has 1 aromatic heterocycles. The van der Waals surface area contributed by atoms with Gasteiger partial charge >= 0.3 is 0 Å². The molecule has 3 aromatic rings. The molecule has 25 heavy (non-hydrogen) atoms. The van der Waals surface area contributed by atoms with Gasteiger partial charge in [0, 0.05) is 22.7 Å². The van der Waals surface area contributed by atoms with E-state index in [9.17, 15) is 0 Å². The summed E-state index contributed by atoms with van der Waals surface area (Å²) in [5.41, 5.74) is 1.85. The minimum absolute atomic E-state index is 0.388. The molecule has 0 aliphatic rings. The number of nitrogens with zero attached hydrogens (tertiary/aromatic N) is 2. The number of ether oxygens (including phenoxy) is 2. The average Bonchev–Trinajstić information content (AvgIpc) is 3.14. The van der Waals surface area contributed by atoms with Gasteiger partial charge in [-0.1, -0.05) is 35.3 Å². The molecular weight excluding hydrogens is 363 g/mol. The van der Waals surface area contributed by atoms with E-state index in [0.29, 0.717) is 40.6 Å². The maximum Gasteiger partial charge on any atom is 0.218 e. The third-order valence-electron chi connectivity index (χ3n) is 3.50. The van der Waals surface area contributed by atoms with Crippen molar-refractivity contribution in [1.29, 1.82) is 0 Å². The van der Waals surface area contributed by atoms with Crippen LogP contribution in [-0.2, 0) is 13.2 Å². The lowest BCUT2D eigenvalue weighted by Crippen LogP contribution is -2.04. The molecule has 130 valence electrons. The maximum atomic E-state index is 6.36. The van der Waals surface area contributed by atoms with Crippen LogP contribution in [0.25, 0.3) is 0 Å². The lowest BCUT2D eigenvalue weighted by Gasteiger charge is -2.14. The van der Waals surface area contributed by atoms with E-state index >= 15 is 0 Å². The van der Waals surface area contributed by atoms with Crippen molar-refractivity contribution in [3.05, 3.63) is 63.9 Å². The summed E-state index contributed by atoms with van der Waals surface area (Å²) in [7, 11) is 1.59. The summed E-state index contributed by atoms with van der Waals surface area (Å²) in [6.45, 7) is 0.862. The van der Waals surface area contributed by atoms with Gasteiger partial charge in [-0.15, -0.1) is 0 Å². The first-order valence-corrected chi connectivity index (χ1v) is 8.24. The Morgan fingerprint density at radius 2 is 1.92 bits per heavy atom. The first-order chi connectivity index (χ1) is 12.2. The number of rotatable bonds is 7. The molecule has 0 amide bonds. The van der Waals surface area contributed by atoms with Gasteiger partial charge in [0.25, 0.3) is 0 Å². The van der Waals surface area contributed by atoms with Gasteiger partial charge in [-0.3, -0.25) is 0 Å². The van der Waals surface area contributed by atoms with Crippen LogP contribution in [0.1, 0.15) is 11.1 Å². The van der Waals surface area contributed by atoms with Gasteiger partial charge in [-0.05, 0) is 29.3 Å². The molecule has 0 unspecified atom stereocenters. The van der Waals surface area contributed by atoms with E-state index in [1.807, 2.05) is 30.3 Å². The van der Waals surface area contributed by atoms with E-state index in [1.165, 1.54) is 6.33 Å². The fourth-order valence-electron chi connectivity index (χ4n) is 2.20. The highest BCUT2D eigenvalue weighted by Gasteiger charge is 2.11. The lowest BCUT2D eigenvalue weighted by molar-refractivity contribution is 0.284. The molecule has 0 aliphatic heterocycles. The molecular formula is C17H16Cl2N4O2. The molecule has 6 nitrogen and oxygen atoms in total. The molecule has 0 spiro atoms. The van der Waals surface area contributed by atoms with Crippen LogP contribution in [0.4, 0.5) is 5.95 Å². The van der Waals surface area contributed by atoms with Gasteiger partial charge in [0.05, 0.1) is 7.11 Å². The summed E-state index contributed by atoms with van der Waals surface area (Å²) in [5.74, 6) is 1.75. The largest absolute Gasteiger partial charge is 0.493 e. The number of anilines is 1. The highest BCUT2D eigenvalue weighted by molar-refractivity contribution is 6.31. The number of aromatic amines is 1. The highest BCUT2D eigenvalue weighted by atomic mass is 35.5. The zero-order valence-electron chi connectivity index (χ0n) is 13.4. The lowest BCUT2D eigenvalue weighted by atomic mass is 10.2. The van der Waals surface area contributed by atoms with Crippen LogP contribution >= 0.6 is 23.2 Å². The van der Waals surface area contributed by atoms with Gasteiger partial charge in [-0.2, -0.15) is 5.10 Å². The van der Waals surface area contributed by atoms with E-state index in [1.54, 1.807) is 13.2 Å². The standard InChI is InChI=1S/C17H16Cl2N4O2/c1-24-15-6-12(8-20-17-21-10-22-23-17)14(19)7-16(15)25-9-11-2-4-13(18)5-3-11/h2-7,10H,8-9H2,1H3,(H2,20,21,22,23). The van der Waals surface area contributed by atoms with Crippen molar-refractivity contribution < 1.29 is 9.47 Å². The molecule has 0 fully saturated rings. The van der Waals surface area contributed by atoms with E-state index in [0.717, 1.165) is 11.1 Å². The summed E-state index contributed by atoms with van der Waals surface area (Å²) in [4.78, 5) is 4.00. The van der Waals surface area contributed by atoms with Gasteiger partial charge in [0.15, 0.2) is 11.5 Å². The second-order valence-corrected chi connectivity index (χ2v) is 6.04. The first-order valence-electron chi connectivity index (χ1n) is 7.48. The molecule has 0 aliphatic carbocycles. The van der Waals surface area contributed by atoms with Crippen LogP contribution in [0.15, 0.2) is 42.7 Å². The number of methoxy groups -OCH3 is 1. The third kappa shape index (κ3) is 4.55. The van der Waals surface area contributed by atoms with Crippen LogP contribution in [0.5, 0.6) is 11.5 Å². The van der Waals surface area contributed by atoms with E-state index in [2.05, 4.69) is 20.5 Å². The molecule has 1 heterocycles. The summed E-state index contributed by atoms with van der Waals surface area (Å²) in [6, 6.07) is 11.0. The Morgan fingerprint density at radius 1 is 1.12 bits per heavy atom. The van der Waals surface area contributed by atoms with Crippen LogP contribution in [-0.4, -0.2) is 22.3 Å². The van der Waals surface area contributed by atoms with E-state index in [-0.39, 0.29) is 0 Å². The van der Waals surface area contributed by atoms with Crippen molar-refractivity contribution in [3.63, 3.8) is 0 Å². The quantitative estimate of drug-likeness (QED) is 0.640. The summed E-state index contributed by atoms with van der Waals surface area (Å²) >= 11 is 12.2. The number of H-pyrrole nitrogens is 1. The van der Waals surface area contributed by atoms with Crippen LogP contribution in [0, 0.1) is 0 Å². The van der Waals surface area contributed by atoms with Gasteiger partial charge in [-0.25, -0.2) is 10.1 Å². The number of aromatic nitrogens is 3. The van der Waals surface area contributed by atoms with Crippen molar-refractivity contribution >= 4 is 29.2 Å². The van der Waals surface area contributed by atoms with Crippen LogP contribution in [0.3, 0.4) is 0 Å². The van der Waals surface area contributed by atoms with Crippen LogP contribution < -0.4 is 14.8 Å². The Kier molecular flexibility index (Phi) is 5.63. The number of halogens is 2. The van der Waals surface area contributed by atoms with Gasteiger partial charge in [0.1, 0.15) is 12.9 Å². The van der Waals surface area contributed by atoms with Crippen molar-refractivity contribution in [2.45, 2.75) is 13.2 Å². The van der Waals surface area contributed by atoms with Crippen molar-refractivity contribution in [1.82, 2.24) is 15.2 Å². The molecule has 0 radical (unpaired) electrons. The molecule has 3 rings (SSSR count). The van der Waals surface area contributed by atoms with Gasteiger partial charge in [0.2, 0.25) is 5.95 Å². The summed E-state index contributed by atoms with van der Waals surface area (Å²) in [6.07, 6.45) is 1.43. The zero-order chi connectivity index (χ0) is 17.6. The number of hydrogen-bond donors (Lipinski definition) is 2. The van der Waals surface area contributed by atoms with Crippen LogP contribution in [0.2, 0.25) is 10.0 Å². The first kappa shape index (κ1) is 17.4. The van der Waals surface area contributed by atoms with E-state index < -0.39 is 0 Å². The Labute approximate surface area is 155 Å². The smallest absolute Gasteiger partial charge is 0.218 e. The second-order valence-electron chi connectivity index (χ2n) is 5.20. The molecule has 0 saturated carbocycles. The Bertz CT molecular complexity index is 823. The SMILES string of the molecule is COc1cc(CNc2ncn[nH]2)c(Cl)cc1OCc1ccc(Cl)cc1.